The number of benzene rings is 3. The van der Waals surface area contributed by atoms with Crippen LogP contribution in [-0.2, 0) is 14.8 Å². The predicted octanol–water partition coefficient (Wildman–Crippen LogP) is 3.71. The van der Waals surface area contributed by atoms with E-state index >= 15 is 0 Å². The number of hydrogen-bond acceptors (Lipinski definition) is 5. The quantitative estimate of drug-likeness (QED) is 0.354. The summed E-state index contributed by atoms with van der Waals surface area (Å²) >= 11 is 5.50. The van der Waals surface area contributed by atoms with Crippen molar-refractivity contribution in [3.05, 3.63) is 76.8 Å². The summed E-state index contributed by atoms with van der Waals surface area (Å²) in [6.07, 6.45) is 0. The highest BCUT2D eigenvalue weighted by Gasteiger charge is 2.29. The number of nitro groups is 1. The average molecular weight is 405 g/mol. The van der Waals surface area contributed by atoms with E-state index in [1.807, 2.05) is 0 Å². The lowest BCUT2D eigenvalue weighted by Gasteiger charge is -2.24. The molecule has 0 aliphatic rings. The molecule has 0 saturated heterocycles. The van der Waals surface area contributed by atoms with E-state index < -0.39 is 26.7 Å². The van der Waals surface area contributed by atoms with Crippen LogP contribution in [0.4, 0.5) is 11.4 Å². The molecule has 3 aromatic rings. The van der Waals surface area contributed by atoms with Gasteiger partial charge in [0.2, 0.25) is 5.24 Å². The number of hydrogen-bond donors (Lipinski definition) is 0. The summed E-state index contributed by atoms with van der Waals surface area (Å²) in [6, 6.07) is 16.7. The van der Waals surface area contributed by atoms with Crippen LogP contribution in [0.3, 0.4) is 0 Å². The zero-order chi connectivity index (χ0) is 19.6. The van der Waals surface area contributed by atoms with Crippen molar-refractivity contribution < 1.29 is 18.1 Å². The molecular formula is C18H13ClN2O5S. The number of anilines is 1. The summed E-state index contributed by atoms with van der Waals surface area (Å²) in [5, 5.41) is 11.5. The highest BCUT2D eigenvalue weighted by Crippen LogP contribution is 2.32. The Balaban J connectivity index is 2.21. The third kappa shape index (κ3) is 3.76. The zero-order valence-corrected chi connectivity index (χ0v) is 15.4. The fourth-order valence-electron chi connectivity index (χ4n) is 2.72. The number of halogens is 1. The molecule has 3 aromatic carbocycles. The molecule has 0 fully saturated rings. The fourth-order valence-corrected chi connectivity index (χ4v) is 4.39. The lowest BCUT2D eigenvalue weighted by molar-refractivity contribution is -0.385. The van der Waals surface area contributed by atoms with Crippen molar-refractivity contribution in [3.63, 3.8) is 0 Å². The van der Waals surface area contributed by atoms with E-state index in [0.717, 1.165) is 15.8 Å². The minimum Gasteiger partial charge on any atom is -0.279 e. The Morgan fingerprint density at radius 3 is 2.41 bits per heavy atom. The van der Waals surface area contributed by atoms with Gasteiger partial charge in [-0.25, -0.2) is 8.42 Å². The number of non-ortho nitro benzene ring substituents is 1. The molecular weight excluding hydrogens is 392 g/mol. The molecule has 0 atom stereocenters. The van der Waals surface area contributed by atoms with E-state index in [0.29, 0.717) is 5.39 Å². The Kier molecular flexibility index (Phi) is 5.11. The summed E-state index contributed by atoms with van der Waals surface area (Å²) in [5.74, 6) is 0. The van der Waals surface area contributed by atoms with Crippen LogP contribution in [0.5, 0.6) is 0 Å². The van der Waals surface area contributed by atoms with E-state index in [2.05, 4.69) is 0 Å². The molecule has 0 aromatic heterocycles. The maximum atomic E-state index is 13.2. The van der Waals surface area contributed by atoms with Gasteiger partial charge >= 0.3 is 0 Å². The predicted molar refractivity (Wildman–Crippen MR) is 102 cm³/mol. The van der Waals surface area contributed by atoms with Crippen molar-refractivity contribution in [1.82, 2.24) is 0 Å². The number of nitro benzene ring substituents is 1. The van der Waals surface area contributed by atoms with Gasteiger partial charge in [0.1, 0.15) is 6.54 Å². The zero-order valence-electron chi connectivity index (χ0n) is 13.8. The Bertz CT molecular complexity index is 1140. The summed E-state index contributed by atoms with van der Waals surface area (Å²) in [6.45, 7) is -0.611. The van der Waals surface area contributed by atoms with Crippen molar-refractivity contribution in [2.45, 2.75) is 4.90 Å². The normalized spacial score (nSPS) is 11.3. The first-order valence-electron chi connectivity index (χ1n) is 7.74. The first kappa shape index (κ1) is 18.8. The van der Waals surface area contributed by atoms with Crippen LogP contribution in [0.15, 0.2) is 71.6 Å². The molecule has 0 spiro atoms. The van der Waals surface area contributed by atoms with Crippen LogP contribution in [0.2, 0.25) is 0 Å². The SMILES string of the molecule is O=C(Cl)CN(c1cccc2ccccc12)S(=O)(=O)c1cccc([N+](=O)[O-])c1. The number of nitrogens with zero attached hydrogens (tertiary/aromatic N) is 2. The number of carbonyl (C=O) groups excluding carboxylic acids is 1. The van der Waals surface area contributed by atoms with Gasteiger partial charge in [-0.15, -0.1) is 0 Å². The first-order chi connectivity index (χ1) is 12.8. The number of carbonyl (C=O) groups is 1. The smallest absolute Gasteiger partial charge is 0.270 e. The van der Waals surface area contributed by atoms with Crippen molar-refractivity contribution in [2.75, 3.05) is 10.8 Å². The van der Waals surface area contributed by atoms with Crippen LogP contribution >= 0.6 is 11.6 Å². The molecule has 3 rings (SSSR count). The second kappa shape index (κ2) is 7.34. The third-order valence-electron chi connectivity index (χ3n) is 3.92. The maximum Gasteiger partial charge on any atom is 0.270 e. The summed E-state index contributed by atoms with van der Waals surface area (Å²) in [5.41, 5.74) is -0.111. The second-order valence-electron chi connectivity index (χ2n) is 5.62. The van der Waals surface area contributed by atoms with Crippen molar-refractivity contribution in [1.29, 1.82) is 0 Å². The van der Waals surface area contributed by atoms with Crippen LogP contribution in [-0.4, -0.2) is 25.1 Å². The molecule has 0 unspecified atom stereocenters. The fraction of sp³-hybridized carbons (Fsp3) is 0.0556. The van der Waals surface area contributed by atoms with Crippen LogP contribution in [0.25, 0.3) is 10.8 Å². The van der Waals surface area contributed by atoms with Gasteiger partial charge < -0.3 is 0 Å². The molecule has 0 aliphatic heterocycles. The molecule has 27 heavy (non-hydrogen) atoms. The summed E-state index contributed by atoms with van der Waals surface area (Å²) in [4.78, 5) is 21.6. The number of sulfonamides is 1. The first-order valence-corrected chi connectivity index (χ1v) is 9.56. The number of rotatable bonds is 6. The van der Waals surface area contributed by atoms with E-state index in [9.17, 15) is 23.3 Å². The van der Waals surface area contributed by atoms with Gasteiger partial charge in [0.15, 0.2) is 0 Å². The third-order valence-corrected chi connectivity index (χ3v) is 5.79. The van der Waals surface area contributed by atoms with Gasteiger partial charge in [0.05, 0.1) is 15.5 Å². The van der Waals surface area contributed by atoms with Gasteiger partial charge in [-0.1, -0.05) is 42.5 Å². The summed E-state index contributed by atoms with van der Waals surface area (Å²) in [7, 11) is -4.27. The average Bonchev–Trinajstić information content (AvgIpc) is 2.65. The minimum atomic E-state index is -4.27. The highest BCUT2D eigenvalue weighted by atomic mass is 35.5. The van der Waals surface area contributed by atoms with Gasteiger partial charge in [-0.05, 0) is 29.1 Å². The monoisotopic (exact) mass is 404 g/mol. The second-order valence-corrected chi connectivity index (χ2v) is 7.90. The van der Waals surface area contributed by atoms with Gasteiger partial charge in [-0.3, -0.25) is 19.2 Å². The molecule has 9 heteroatoms. The molecule has 7 nitrogen and oxygen atoms in total. The summed E-state index contributed by atoms with van der Waals surface area (Å²) < 4.78 is 27.2. The van der Waals surface area contributed by atoms with Gasteiger partial charge in [-0.2, -0.15) is 0 Å². The van der Waals surface area contributed by atoms with E-state index in [-0.39, 0.29) is 16.3 Å². The molecule has 0 heterocycles. The Labute approximate surface area is 160 Å². The maximum absolute atomic E-state index is 13.2. The molecule has 0 saturated carbocycles. The highest BCUT2D eigenvalue weighted by molar-refractivity contribution is 7.93. The lowest BCUT2D eigenvalue weighted by Crippen LogP contribution is -2.34. The lowest BCUT2D eigenvalue weighted by atomic mass is 10.1. The van der Waals surface area contributed by atoms with E-state index in [1.54, 1.807) is 42.5 Å². The largest absolute Gasteiger partial charge is 0.279 e. The molecule has 0 aliphatic carbocycles. The topological polar surface area (TPSA) is 97.6 Å². The molecule has 0 N–H and O–H groups in total. The van der Waals surface area contributed by atoms with E-state index in [4.69, 9.17) is 11.6 Å². The van der Waals surface area contributed by atoms with Crippen molar-refractivity contribution in [3.8, 4) is 0 Å². The number of fused-ring (bicyclic) bond motifs is 1. The molecule has 0 amide bonds. The Morgan fingerprint density at radius 1 is 1.04 bits per heavy atom. The van der Waals surface area contributed by atoms with Crippen LogP contribution in [0, 0.1) is 10.1 Å². The molecule has 0 radical (unpaired) electrons. The van der Waals surface area contributed by atoms with Gasteiger partial charge in [0, 0.05) is 17.5 Å². The van der Waals surface area contributed by atoms with Crippen LogP contribution < -0.4 is 4.31 Å². The van der Waals surface area contributed by atoms with E-state index in [1.165, 1.54) is 18.2 Å². The van der Waals surface area contributed by atoms with Gasteiger partial charge in [0.25, 0.3) is 15.7 Å². The Hall–Kier alpha value is -2.97. The molecule has 0 bridgehead atoms. The minimum absolute atomic E-state index is 0.258. The van der Waals surface area contributed by atoms with Crippen molar-refractivity contribution >= 4 is 49.0 Å². The van der Waals surface area contributed by atoms with Crippen molar-refractivity contribution in [2.24, 2.45) is 0 Å². The van der Waals surface area contributed by atoms with Crippen LogP contribution in [0.1, 0.15) is 0 Å². The standard InChI is InChI=1S/C18H13ClN2O5S/c19-18(22)12-20(17-10-3-6-13-5-1-2-9-16(13)17)27(25,26)15-8-4-7-14(11-15)21(23)24/h1-11H,12H2. The Morgan fingerprint density at radius 2 is 1.70 bits per heavy atom. The molecule has 138 valence electrons.